The fourth-order valence-corrected chi connectivity index (χ4v) is 1.29. The number of carbonyl (C=O) groups is 1. The van der Waals surface area contributed by atoms with Gasteiger partial charge in [0.1, 0.15) is 5.60 Å². The van der Waals surface area contributed by atoms with Crippen molar-refractivity contribution in [1.29, 1.82) is 0 Å². The summed E-state index contributed by atoms with van der Waals surface area (Å²) in [6.45, 7) is 5.12. The Morgan fingerprint density at radius 1 is 1.46 bits per heavy atom. The lowest BCUT2D eigenvalue weighted by Crippen LogP contribution is -2.47. The lowest BCUT2D eigenvalue weighted by molar-refractivity contribution is -0.150. The van der Waals surface area contributed by atoms with Gasteiger partial charge in [-0.05, 0) is 20.3 Å². The predicted molar refractivity (Wildman–Crippen MR) is 51.4 cm³/mol. The molecule has 1 rings (SSSR count). The van der Waals surface area contributed by atoms with Crippen LogP contribution in [-0.4, -0.2) is 36.6 Å². The van der Waals surface area contributed by atoms with Crippen molar-refractivity contribution in [3.8, 4) is 0 Å². The molecule has 0 spiro atoms. The van der Waals surface area contributed by atoms with Gasteiger partial charge in [0.15, 0.2) is 0 Å². The average Bonchev–Trinajstić information content (AvgIpc) is 2.18. The Balaban J connectivity index is 2.61. The molecule has 0 aliphatic carbocycles. The molecule has 3 heteroatoms. The smallest absolute Gasteiger partial charge is 0.254 e. The van der Waals surface area contributed by atoms with Crippen LogP contribution in [0.1, 0.15) is 20.3 Å². The van der Waals surface area contributed by atoms with E-state index in [0.29, 0.717) is 6.54 Å². The molecule has 0 bridgehead atoms. The molecule has 1 heterocycles. The molecule has 0 aromatic carbocycles. The number of carbonyl (C=O) groups excluding carboxylic acids is 1. The van der Waals surface area contributed by atoms with Crippen molar-refractivity contribution in [1.82, 2.24) is 4.90 Å². The molecule has 0 N–H and O–H groups in total. The second-order valence-corrected chi connectivity index (χ2v) is 3.73. The second-order valence-electron chi connectivity index (χ2n) is 3.73. The molecule has 0 aromatic rings. The Morgan fingerprint density at radius 3 is 2.62 bits per heavy atom. The molecule has 0 unspecified atom stereocenters. The van der Waals surface area contributed by atoms with Gasteiger partial charge in [-0.3, -0.25) is 4.79 Å². The summed E-state index contributed by atoms with van der Waals surface area (Å²) < 4.78 is 5.14. The Morgan fingerprint density at radius 2 is 2.15 bits per heavy atom. The zero-order chi connectivity index (χ0) is 9.90. The standard InChI is InChI=1S/C10H17NO2/c1-10(2,13-3)9(12)11-7-5-4-6-8-11/h4-5H,6-8H2,1-3H3. The fraction of sp³-hybridized carbons (Fsp3) is 0.700. The summed E-state index contributed by atoms with van der Waals surface area (Å²) in [4.78, 5) is 13.6. The van der Waals surface area contributed by atoms with Gasteiger partial charge >= 0.3 is 0 Å². The molecule has 1 aliphatic heterocycles. The number of hydrogen-bond donors (Lipinski definition) is 0. The minimum atomic E-state index is -0.689. The monoisotopic (exact) mass is 183 g/mol. The summed E-state index contributed by atoms with van der Waals surface area (Å²) in [5, 5.41) is 0. The number of amides is 1. The van der Waals surface area contributed by atoms with E-state index in [-0.39, 0.29) is 5.91 Å². The third kappa shape index (κ3) is 2.31. The van der Waals surface area contributed by atoms with Gasteiger partial charge in [0, 0.05) is 20.2 Å². The van der Waals surface area contributed by atoms with E-state index in [1.54, 1.807) is 21.0 Å². The fourth-order valence-electron chi connectivity index (χ4n) is 1.29. The molecule has 1 aliphatic rings. The van der Waals surface area contributed by atoms with Gasteiger partial charge in [-0.1, -0.05) is 12.2 Å². The highest BCUT2D eigenvalue weighted by molar-refractivity contribution is 5.84. The predicted octanol–water partition coefficient (Wildman–Crippen LogP) is 1.20. The van der Waals surface area contributed by atoms with Crippen molar-refractivity contribution in [3.63, 3.8) is 0 Å². The van der Waals surface area contributed by atoms with Gasteiger partial charge < -0.3 is 9.64 Å². The largest absolute Gasteiger partial charge is 0.369 e. The first kappa shape index (κ1) is 10.3. The van der Waals surface area contributed by atoms with Crippen LogP contribution in [0.15, 0.2) is 12.2 Å². The second kappa shape index (κ2) is 3.92. The van der Waals surface area contributed by atoms with Crippen LogP contribution in [0.25, 0.3) is 0 Å². The van der Waals surface area contributed by atoms with Crippen LogP contribution >= 0.6 is 0 Å². The summed E-state index contributed by atoms with van der Waals surface area (Å²) in [6, 6.07) is 0. The first-order valence-corrected chi connectivity index (χ1v) is 4.57. The Kier molecular flexibility index (Phi) is 3.09. The van der Waals surface area contributed by atoms with Crippen LogP contribution in [0, 0.1) is 0 Å². The number of ether oxygens (including phenoxy) is 1. The zero-order valence-electron chi connectivity index (χ0n) is 8.54. The molecule has 1 amide bonds. The Bertz CT molecular complexity index is 221. The van der Waals surface area contributed by atoms with Crippen molar-refractivity contribution in [2.24, 2.45) is 0 Å². The molecule has 0 aromatic heterocycles. The highest BCUT2D eigenvalue weighted by Crippen LogP contribution is 2.14. The Hall–Kier alpha value is -0.830. The highest BCUT2D eigenvalue weighted by atomic mass is 16.5. The van der Waals surface area contributed by atoms with E-state index in [1.807, 2.05) is 11.0 Å². The van der Waals surface area contributed by atoms with Crippen LogP contribution in [-0.2, 0) is 9.53 Å². The van der Waals surface area contributed by atoms with Gasteiger partial charge in [-0.25, -0.2) is 0 Å². The average molecular weight is 183 g/mol. The van der Waals surface area contributed by atoms with Crippen molar-refractivity contribution in [2.75, 3.05) is 20.2 Å². The first-order valence-electron chi connectivity index (χ1n) is 4.57. The summed E-state index contributed by atoms with van der Waals surface area (Å²) in [6.07, 6.45) is 5.07. The maximum atomic E-state index is 11.8. The van der Waals surface area contributed by atoms with E-state index < -0.39 is 5.60 Å². The molecular formula is C10H17NO2. The van der Waals surface area contributed by atoms with Gasteiger partial charge in [0.2, 0.25) is 0 Å². The highest BCUT2D eigenvalue weighted by Gasteiger charge is 2.31. The summed E-state index contributed by atoms with van der Waals surface area (Å²) in [5.74, 6) is 0.0688. The molecule has 13 heavy (non-hydrogen) atoms. The van der Waals surface area contributed by atoms with Crippen molar-refractivity contribution in [2.45, 2.75) is 25.9 Å². The maximum absolute atomic E-state index is 11.8. The van der Waals surface area contributed by atoms with Crippen LogP contribution in [0.4, 0.5) is 0 Å². The first-order chi connectivity index (χ1) is 6.08. The van der Waals surface area contributed by atoms with E-state index in [9.17, 15) is 4.79 Å². The van der Waals surface area contributed by atoms with Crippen LogP contribution in [0.5, 0.6) is 0 Å². The zero-order valence-corrected chi connectivity index (χ0v) is 8.54. The van der Waals surface area contributed by atoms with Gasteiger partial charge in [-0.15, -0.1) is 0 Å². The van der Waals surface area contributed by atoms with Gasteiger partial charge in [-0.2, -0.15) is 0 Å². The normalized spacial score (nSPS) is 17.6. The Labute approximate surface area is 79.4 Å². The minimum absolute atomic E-state index is 0.0688. The van der Waals surface area contributed by atoms with E-state index in [0.717, 1.165) is 13.0 Å². The lowest BCUT2D eigenvalue weighted by atomic mass is 10.1. The van der Waals surface area contributed by atoms with Crippen molar-refractivity contribution >= 4 is 5.91 Å². The summed E-state index contributed by atoms with van der Waals surface area (Å²) in [7, 11) is 1.57. The van der Waals surface area contributed by atoms with Crippen molar-refractivity contribution < 1.29 is 9.53 Å². The third-order valence-corrected chi connectivity index (χ3v) is 2.37. The third-order valence-electron chi connectivity index (χ3n) is 2.37. The summed E-state index contributed by atoms with van der Waals surface area (Å²) in [5.41, 5.74) is -0.689. The number of methoxy groups -OCH3 is 1. The van der Waals surface area contributed by atoms with Gasteiger partial charge in [0.05, 0.1) is 0 Å². The minimum Gasteiger partial charge on any atom is -0.369 e. The van der Waals surface area contributed by atoms with E-state index >= 15 is 0 Å². The molecule has 0 saturated carbocycles. The van der Waals surface area contributed by atoms with Crippen molar-refractivity contribution in [3.05, 3.63) is 12.2 Å². The molecular weight excluding hydrogens is 166 g/mol. The molecule has 0 fully saturated rings. The number of hydrogen-bond acceptors (Lipinski definition) is 2. The topological polar surface area (TPSA) is 29.5 Å². The molecule has 0 saturated heterocycles. The molecule has 0 radical (unpaired) electrons. The molecule has 3 nitrogen and oxygen atoms in total. The quantitative estimate of drug-likeness (QED) is 0.602. The van der Waals surface area contributed by atoms with E-state index in [1.165, 1.54) is 0 Å². The van der Waals surface area contributed by atoms with E-state index in [4.69, 9.17) is 4.74 Å². The molecule has 0 atom stereocenters. The van der Waals surface area contributed by atoms with E-state index in [2.05, 4.69) is 6.08 Å². The van der Waals surface area contributed by atoms with Gasteiger partial charge in [0.25, 0.3) is 5.91 Å². The van der Waals surface area contributed by atoms with Crippen LogP contribution in [0.2, 0.25) is 0 Å². The summed E-state index contributed by atoms with van der Waals surface area (Å²) >= 11 is 0. The molecule has 74 valence electrons. The number of nitrogens with zero attached hydrogens (tertiary/aromatic N) is 1. The van der Waals surface area contributed by atoms with Crippen LogP contribution < -0.4 is 0 Å². The lowest BCUT2D eigenvalue weighted by Gasteiger charge is -2.31. The maximum Gasteiger partial charge on any atom is 0.254 e. The number of rotatable bonds is 2. The van der Waals surface area contributed by atoms with Crippen LogP contribution in [0.3, 0.4) is 0 Å². The SMILES string of the molecule is COC(C)(C)C(=O)N1CC=CCC1.